The summed E-state index contributed by atoms with van der Waals surface area (Å²) in [5.41, 5.74) is 0.865. The first-order chi connectivity index (χ1) is 9.61. The van der Waals surface area contributed by atoms with E-state index in [0.29, 0.717) is 17.9 Å². The molecule has 6 heteroatoms. The Balaban J connectivity index is 2.07. The van der Waals surface area contributed by atoms with Crippen molar-refractivity contribution in [3.8, 4) is 6.07 Å². The Kier molecular flexibility index (Phi) is 4.20. The third kappa shape index (κ3) is 3.06. The van der Waals surface area contributed by atoms with E-state index >= 15 is 0 Å². The molecule has 1 atom stereocenters. The van der Waals surface area contributed by atoms with Crippen molar-refractivity contribution in [1.82, 2.24) is 9.97 Å². The number of hydrogen-bond acceptors (Lipinski definition) is 4. The van der Waals surface area contributed by atoms with Crippen LogP contribution < -0.4 is 5.32 Å². The lowest BCUT2D eigenvalue weighted by Crippen LogP contribution is -2.12. The molecule has 2 aromatic rings. The van der Waals surface area contributed by atoms with Crippen LogP contribution in [-0.4, -0.2) is 16.5 Å². The molecule has 0 aliphatic heterocycles. The lowest BCUT2D eigenvalue weighted by Gasteiger charge is -2.14. The van der Waals surface area contributed by atoms with E-state index < -0.39 is 11.6 Å². The minimum atomic E-state index is -0.869. The SMILES string of the molecule is CC(CNc1nccnc1C#N)c1ccc(F)c(F)c1. The van der Waals surface area contributed by atoms with Crippen molar-refractivity contribution in [2.75, 3.05) is 11.9 Å². The fraction of sp³-hybridized carbons (Fsp3) is 0.214. The Hall–Kier alpha value is -2.55. The Morgan fingerprint density at radius 1 is 1.25 bits per heavy atom. The molecule has 0 saturated heterocycles. The summed E-state index contributed by atoms with van der Waals surface area (Å²) in [6.07, 6.45) is 2.91. The number of nitriles is 1. The minimum absolute atomic E-state index is 0.0707. The van der Waals surface area contributed by atoms with Gasteiger partial charge in [0.2, 0.25) is 0 Å². The van der Waals surface area contributed by atoms with Crippen LogP contribution in [0.3, 0.4) is 0 Å². The van der Waals surface area contributed by atoms with Gasteiger partial charge in [-0.25, -0.2) is 18.7 Å². The predicted molar refractivity (Wildman–Crippen MR) is 70.0 cm³/mol. The van der Waals surface area contributed by atoms with Crippen molar-refractivity contribution >= 4 is 5.82 Å². The van der Waals surface area contributed by atoms with Crippen LogP contribution in [0, 0.1) is 23.0 Å². The normalized spacial score (nSPS) is 11.7. The average molecular weight is 274 g/mol. The van der Waals surface area contributed by atoms with Gasteiger partial charge < -0.3 is 5.32 Å². The van der Waals surface area contributed by atoms with Crippen LogP contribution in [0.2, 0.25) is 0 Å². The molecule has 1 unspecified atom stereocenters. The molecule has 0 amide bonds. The largest absolute Gasteiger partial charge is 0.367 e. The molecule has 2 rings (SSSR count). The second-order valence-corrected chi connectivity index (χ2v) is 4.32. The molecule has 0 radical (unpaired) electrons. The molecule has 0 bridgehead atoms. The van der Waals surface area contributed by atoms with Gasteiger partial charge in [0.15, 0.2) is 23.1 Å². The fourth-order valence-electron chi connectivity index (χ4n) is 1.74. The van der Waals surface area contributed by atoms with Gasteiger partial charge in [-0.1, -0.05) is 13.0 Å². The Morgan fingerprint density at radius 3 is 2.70 bits per heavy atom. The highest BCUT2D eigenvalue weighted by Crippen LogP contribution is 2.19. The van der Waals surface area contributed by atoms with Gasteiger partial charge in [-0.3, -0.25) is 0 Å². The van der Waals surface area contributed by atoms with E-state index in [1.54, 1.807) is 0 Å². The number of nitrogens with zero attached hydrogens (tertiary/aromatic N) is 3. The van der Waals surface area contributed by atoms with E-state index in [4.69, 9.17) is 5.26 Å². The van der Waals surface area contributed by atoms with Crippen molar-refractivity contribution in [3.63, 3.8) is 0 Å². The van der Waals surface area contributed by atoms with Gasteiger partial charge in [0, 0.05) is 18.9 Å². The summed E-state index contributed by atoms with van der Waals surface area (Å²) in [6, 6.07) is 5.74. The zero-order valence-electron chi connectivity index (χ0n) is 10.8. The quantitative estimate of drug-likeness (QED) is 0.931. The molecule has 1 aromatic heterocycles. The van der Waals surface area contributed by atoms with Gasteiger partial charge >= 0.3 is 0 Å². The van der Waals surface area contributed by atoms with Crippen molar-refractivity contribution in [2.45, 2.75) is 12.8 Å². The third-order valence-electron chi connectivity index (χ3n) is 2.89. The molecule has 1 heterocycles. The van der Waals surface area contributed by atoms with Crippen LogP contribution in [0.25, 0.3) is 0 Å². The lowest BCUT2D eigenvalue weighted by atomic mass is 10.0. The average Bonchev–Trinajstić information content (AvgIpc) is 2.47. The summed E-state index contributed by atoms with van der Waals surface area (Å²) in [4.78, 5) is 7.89. The predicted octanol–water partition coefficient (Wildman–Crippen LogP) is 2.84. The van der Waals surface area contributed by atoms with Crippen LogP contribution in [0.1, 0.15) is 24.1 Å². The zero-order valence-corrected chi connectivity index (χ0v) is 10.8. The van der Waals surface area contributed by atoms with Crippen molar-refractivity contribution < 1.29 is 8.78 Å². The molecular weight excluding hydrogens is 262 g/mol. The van der Waals surface area contributed by atoms with Crippen LogP contribution in [0.4, 0.5) is 14.6 Å². The molecule has 1 N–H and O–H groups in total. The van der Waals surface area contributed by atoms with Crippen molar-refractivity contribution in [1.29, 1.82) is 5.26 Å². The molecule has 1 aromatic carbocycles. The van der Waals surface area contributed by atoms with Crippen LogP contribution in [0.5, 0.6) is 0 Å². The van der Waals surface area contributed by atoms with E-state index in [9.17, 15) is 8.78 Å². The van der Waals surface area contributed by atoms with E-state index in [-0.39, 0.29) is 11.6 Å². The van der Waals surface area contributed by atoms with E-state index in [1.807, 2.05) is 13.0 Å². The molecule has 0 saturated carbocycles. The van der Waals surface area contributed by atoms with Gasteiger partial charge in [0.1, 0.15) is 6.07 Å². The molecule has 0 aliphatic carbocycles. The highest BCUT2D eigenvalue weighted by molar-refractivity contribution is 5.47. The Morgan fingerprint density at radius 2 is 2.00 bits per heavy atom. The minimum Gasteiger partial charge on any atom is -0.367 e. The highest BCUT2D eigenvalue weighted by Gasteiger charge is 2.11. The Bertz CT molecular complexity index is 652. The van der Waals surface area contributed by atoms with Crippen LogP contribution >= 0.6 is 0 Å². The molecule has 102 valence electrons. The third-order valence-corrected chi connectivity index (χ3v) is 2.89. The summed E-state index contributed by atoms with van der Waals surface area (Å²) in [5.74, 6) is -1.43. The number of benzene rings is 1. The second-order valence-electron chi connectivity index (χ2n) is 4.32. The number of halogens is 2. The summed E-state index contributed by atoms with van der Waals surface area (Å²) < 4.78 is 26.0. The standard InChI is InChI=1S/C14H12F2N4/c1-9(10-2-3-11(15)12(16)6-10)8-20-14-13(7-17)18-4-5-19-14/h2-6,9H,8H2,1H3,(H,19,20). The lowest BCUT2D eigenvalue weighted by molar-refractivity contribution is 0.506. The van der Waals surface area contributed by atoms with E-state index in [2.05, 4.69) is 15.3 Å². The monoisotopic (exact) mass is 274 g/mol. The summed E-state index contributed by atoms with van der Waals surface area (Å²) >= 11 is 0. The number of rotatable bonds is 4. The van der Waals surface area contributed by atoms with E-state index in [1.165, 1.54) is 24.5 Å². The Labute approximate surface area is 115 Å². The molecule has 4 nitrogen and oxygen atoms in total. The molecule has 0 fully saturated rings. The summed E-state index contributed by atoms with van der Waals surface area (Å²) in [6.45, 7) is 2.29. The fourth-order valence-corrected chi connectivity index (χ4v) is 1.74. The molecular formula is C14H12F2N4. The first-order valence-electron chi connectivity index (χ1n) is 6.01. The van der Waals surface area contributed by atoms with Crippen LogP contribution in [0.15, 0.2) is 30.6 Å². The van der Waals surface area contributed by atoms with Crippen molar-refractivity contribution in [3.05, 3.63) is 53.5 Å². The maximum absolute atomic E-state index is 13.2. The number of nitrogens with one attached hydrogen (secondary N) is 1. The maximum atomic E-state index is 13.2. The number of aromatic nitrogens is 2. The number of hydrogen-bond donors (Lipinski definition) is 1. The maximum Gasteiger partial charge on any atom is 0.182 e. The van der Waals surface area contributed by atoms with Crippen LogP contribution in [-0.2, 0) is 0 Å². The van der Waals surface area contributed by atoms with Gasteiger partial charge in [-0.15, -0.1) is 0 Å². The first-order valence-corrected chi connectivity index (χ1v) is 6.01. The molecule has 0 spiro atoms. The smallest absolute Gasteiger partial charge is 0.182 e. The van der Waals surface area contributed by atoms with E-state index in [0.717, 1.165) is 6.07 Å². The summed E-state index contributed by atoms with van der Waals surface area (Å²) in [5, 5.41) is 11.9. The second kappa shape index (κ2) is 6.06. The topological polar surface area (TPSA) is 61.6 Å². The summed E-state index contributed by atoms with van der Waals surface area (Å²) in [7, 11) is 0. The highest BCUT2D eigenvalue weighted by atomic mass is 19.2. The zero-order chi connectivity index (χ0) is 14.5. The van der Waals surface area contributed by atoms with Gasteiger partial charge in [-0.05, 0) is 23.6 Å². The van der Waals surface area contributed by atoms with Gasteiger partial charge in [0.25, 0.3) is 0 Å². The van der Waals surface area contributed by atoms with Crippen molar-refractivity contribution in [2.24, 2.45) is 0 Å². The number of anilines is 1. The van der Waals surface area contributed by atoms with Gasteiger partial charge in [0.05, 0.1) is 0 Å². The molecule has 20 heavy (non-hydrogen) atoms. The first kappa shape index (κ1) is 13.9. The van der Waals surface area contributed by atoms with Gasteiger partial charge in [-0.2, -0.15) is 5.26 Å². The molecule has 0 aliphatic rings.